The van der Waals surface area contributed by atoms with Crippen molar-refractivity contribution in [2.75, 3.05) is 6.54 Å². The third kappa shape index (κ3) is 3.58. The number of nitrogens with zero attached hydrogens (tertiary/aromatic N) is 1. The van der Waals surface area contributed by atoms with Crippen molar-refractivity contribution in [3.05, 3.63) is 76.4 Å². The summed E-state index contributed by atoms with van der Waals surface area (Å²) in [5.41, 5.74) is 4.78. The molecule has 0 fully saturated rings. The van der Waals surface area contributed by atoms with Gasteiger partial charge in [-0.05, 0) is 43.0 Å². The van der Waals surface area contributed by atoms with Crippen molar-refractivity contribution in [1.82, 2.24) is 4.72 Å². The highest BCUT2D eigenvalue weighted by Crippen LogP contribution is 2.31. The number of hydrogen-bond acceptors (Lipinski definition) is 3. The van der Waals surface area contributed by atoms with Gasteiger partial charge in [0.05, 0.1) is 0 Å². The van der Waals surface area contributed by atoms with Gasteiger partial charge in [-0.3, -0.25) is 9.71 Å². The maximum absolute atomic E-state index is 12.6. The van der Waals surface area contributed by atoms with Crippen LogP contribution in [0, 0.1) is 13.8 Å². The smallest absolute Gasteiger partial charge is 0.264 e. The summed E-state index contributed by atoms with van der Waals surface area (Å²) < 4.78 is 27.9. The van der Waals surface area contributed by atoms with Gasteiger partial charge in [0, 0.05) is 18.0 Å². The molecule has 0 amide bonds. The Morgan fingerprint density at radius 3 is 2.35 bits per heavy atom. The van der Waals surface area contributed by atoms with E-state index in [1.807, 2.05) is 57.2 Å². The van der Waals surface area contributed by atoms with Gasteiger partial charge in [-0.25, -0.2) is 8.42 Å². The first-order valence-electron chi connectivity index (χ1n) is 8.70. The predicted octanol–water partition coefficient (Wildman–Crippen LogP) is 4.17. The molecule has 0 unspecified atom stereocenters. The number of benzene rings is 2. The Bertz CT molecular complexity index is 990. The van der Waals surface area contributed by atoms with Gasteiger partial charge in [-0.2, -0.15) is 0 Å². The number of aryl methyl sites for hydroxylation is 2. The van der Waals surface area contributed by atoms with Gasteiger partial charge in [-0.15, -0.1) is 0 Å². The van der Waals surface area contributed by atoms with E-state index < -0.39 is 10.0 Å². The van der Waals surface area contributed by atoms with Crippen molar-refractivity contribution in [2.45, 2.75) is 33.6 Å². The molecule has 0 spiro atoms. The average molecular weight is 369 g/mol. The largest absolute Gasteiger partial charge is 0.267 e. The Kier molecular flexibility index (Phi) is 5.01. The number of nitrogens with one attached hydrogen (secondary N) is 1. The standard InChI is InChI=1S/C21H24N2O2S/c1-14-10-11-19(12-15(14)2)20-17(4)21(23-26(20,24)25)22-13-16(3)18-8-6-5-7-9-18/h5-12,16H,13H2,1-4H3,(H,22,23)/t16-/m1/s1. The average Bonchev–Trinajstić information content (AvgIpc) is 2.84. The molecule has 0 radical (unpaired) electrons. The Balaban J connectivity index is 1.92. The molecule has 3 rings (SSSR count). The second-order valence-electron chi connectivity index (χ2n) is 6.86. The Labute approximate surface area is 155 Å². The molecule has 2 aromatic carbocycles. The van der Waals surface area contributed by atoms with E-state index in [2.05, 4.69) is 28.8 Å². The van der Waals surface area contributed by atoms with E-state index in [1.165, 1.54) is 5.56 Å². The molecule has 4 nitrogen and oxygen atoms in total. The molecule has 2 aromatic rings. The lowest BCUT2D eigenvalue weighted by Gasteiger charge is -2.09. The summed E-state index contributed by atoms with van der Waals surface area (Å²) in [4.78, 5) is 4.89. The summed E-state index contributed by atoms with van der Waals surface area (Å²) in [5, 5.41) is 0. The molecule has 0 saturated heterocycles. The van der Waals surface area contributed by atoms with Gasteiger partial charge in [0.1, 0.15) is 10.7 Å². The van der Waals surface area contributed by atoms with Crippen LogP contribution in [0.15, 0.2) is 59.1 Å². The Hall–Kier alpha value is -2.40. The molecule has 136 valence electrons. The van der Waals surface area contributed by atoms with Crippen molar-refractivity contribution in [2.24, 2.45) is 4.99 Å². The zero-order valence-electron chi connectivity index (χ0n) is 15.6. The molecule has 26 heavy (non-hydrogen) atoms. The maximum Gasteiger partial charge on any atom is 0.264 e. The van der Waals surface area contributed by atoms with Crippen LogP contribution in [0.1, 0.15) is 42.0 Å². The van der Waals surface area contributed by atoms with Gasteiger partial charge >= 0.3 is 0 Å². The van der Waals surface area contributed by atoms with E-state index in [-0.39, 0.29) is 5.92 Å². The molecule has 1 heterocycles. The number of hydrogen-bond donors (Lipinski definition) is 1. The minimum absolute atomic E-state index is 0.215. The van der Waals surface area contributed by atoms with Gasteiger partial charge in [-0.1, -0.05) is 55.5 Å². The second kappa shape index (κ2) is 7.08. The molecule has 0 aliphatic carbocycles. The third-order valence-electron chi connectivity index (χ3n) is 4.86. The minimum atomic E-state index is -3.58. The lowest BCUT2D eigenvalue weighted by atomic mass is 10.0. The molecule has 0 aromatic heterocycles. The SMILES string of the molecule is CC1=C(c2ccc(C)c(C)c2)S(=O)(=O)NC1=NC[C@@H](C)c1ccccc1. The molecule has 0 saturated carbocycles. The normalized spacial score (nSPS) is 18.8. The summed E-state index contributed by atoms with van der Waals surface area (Å²) >= 11 is 0. The summed E-state index contributed by atoms with van der Waals surface area (Å²) in [5.74, 6) is 0.660. The molecular weight excluding hydrogens is 344 g/mol. The highest BCUT2D eigenvalue weighted by molar-refractivity contribution is 8.00. The topological polar surface area (TPSA) is 58.5 Å². The van der Waals surface area contributed by atoms with Crippen LogP contribution in [-0.2, 0) is 10.0 Å². The van der Waals surface area contributed by atoms with E-state index in [4.69, 9.17) is 0 Å². The summed E-state index contributed by atoms with van der Waals surface area (Å²) in [7, 11) is -3.58. The van der Waals surface area contributed by atoms with Crippen LogP contribution in [0.4, 0.5) is 0 Å². The van der Waals surface area contributed by atoms with Gasteiger partial charge in [0.15, 0.2) is 0 Å². The van der Waals surface area contributed by atoms with Gasteiger partial charge in [0.2, 0.25) is 0 Å². The van der Waals surface area contributed by atoms with E-state index in [9.17, 15) is 8.42 Å². The van der Waals surface area contributed by atoms with Crippen molar-refractivity contribution < 1.29 is 8.42 Å². The number of sulfonamides is 1. The number of amidine groups is 1. The van der Waals surface area contributed by atoms with Gasteiger partial charge in [0.25, 0.3) is 10.0 Å². The maximum atomic E-state index is 12.6. The predicted molar refractivity (Wildman–Crippen MR) is 108 cm³/mol. The lowest BCUT2D eigenvalue weighted by molar-refractivity contribution is 0.603. The fourth-order valence-electron chi connectivity index (χ4n) is 3.08. The molecule has 1 atom stereocenters. The fourth-order valence-corrected chi connectivity index (χ4v) is 4.60. The van der Waals surface area contributed by atoms with E-state index in [0.717, 1.165) is 11.1 Å². The van der Waals surface area contributed by atoms with Gasteiger partial charge < -0.3 is 0 Å². The molecule has 0 bridgehead atoms. The molecule has 1 N–H and O–H groups in total. The molecule has 1 aliphatic heterocycles. The van der Waals surface area contributed by atoms with Crippen LogP contribution in [0.25, 0.3) is 4.91 Å². The molecule has 5 heteroatoms. The first-order chi connectivity index (χ1) is 12.3. The molecular formula is C21H24N2O2S. The second-order valence-corrected chi connectivity index (χ2v) is 8.48. The number of aliphatic imine (C=N–C) groups is 1. The summed E-state index contributed by atoms with van der Waals surface area (Å²) in [6, 6.07) is 15.8. The van der Waals surface area contributed by atoms with Crippen LogP contribution < -0.4 is 4.72 Å². The quantitative estimate of drug-likeness (QED) is 0.880. The zero-order valence-corrected chi connectivity index (χ0v) is 16.4. The van der Waals surface area contributed by atoms with E-state index in [1.54, 1.807) is 0 Å². The van der Waals surface area contributed by atoms with Crippen LogP contribution in [0.2, 0.25) is 0 Å². The first kappa shape index (κ1) is 18.4. The minimum Gasteiger partial charge on any atom is -0.267 e. The van der Waals surface area contributed by atoms with Crippen molar-refractivity contribution in [3.8, 4) is 0 Å². The monoisotopic (exact) mass is 368 g/mol. The van der Waals surface area contributed by atoms with E-state index >= 15 is 0 Å². The van der Waals surface area contributed by atoms with Crippen LogP contribution >= 0.6 is 0 Å². The fraction of sp³-hybridized carbons (Fsp3) is 0.286. The summed E-state index contributed by atoms with van der Waals surface area (Å²) in [6.45, 7) is 8.43. The highest BCUT2D eigenvalue weighted by Gasteiger charge is 2.32. The Morgan fingerprint density at radius 1 is 1.00 bits per heavy atom. The van der Waals surface area contributed by atoms with Crippen molar-refractivity contribution >= 4 is 20.8 Å². The van der Waals surface area contributed by atoms with Crippen LogP contribution in [0.5, 0.6) is 0 Å². The van der Waals surface area contributed by atoms with E-state index in [0.29, 0.717) is 28.4 Å². The first-order valence-corrected chi connectivity index (χ1v) is 10.2. The van der Waals surface area contributed by atoms with Crippen molar-refractivity contribution in [3.63, 3.8) is 0 Å². The van der Waals surface area contributed by atoms with Crippen LogP contribution in [0.3, 0.4) is 0 Å². The lowest BCUT2D eigenvalue weighted by Crippen LogP contribution is -2.24. The zero-order chi connectivity index (χ0) is 18.9. The third-order valence-corrected chi connectivity index (χ3v) is 6.40. The highest BCUT2D eigenvalue weighted by atomic mass is 32.2. The van der Waals surface area contributed by atoms with Crippen molar-refractivity contribution in [1.29, 1.82) is 0 Å². The molecule has 1 aliphatic rings. The van der Waals surface area contributed by atoms with Crippen LogP contribution in [-0.4, -0.2) is 20.8 Å². The number of rotatable bonds is 4. The Morgan fingerprint density at radius 2 is 1.69 bits per heavy atom. The summed E-state index contributed by atoms with van der Waals surface area (Å²) in [6.07, 6.45) is 0.